The van der Waals surface area contributed by atoms with Crippen molar-refractivity contribution in [3.05, 3.63) is 69.8 Å². The van der Waals surface area contributed by atoms with Gasteiger partial charge >= 0.3 is 5.63 Å². The number of phenolic OH excluding ortho intramolecular Hbond substituents is 1. The summed E-state index contributed by atoms with van der Waals surface area (Å²) in [6.45, 7) is 2.26. The molecule has 0 aliphatic heterocycles. The molecule has 0 fully saturated rings. The number of amides is 1. The maximum absolute atomic E-state index is 12.9. The van der Waals surface area contributed by atoms with Crippen molar-refractivity contribution in [3.8, 4) is 5.75 Å². The molecular weight excluding hydrogens is 351 g/mol. The Labute approximate surface area is 154 Å². The third-order valence-electron chi connectivity index (χ3n) is 4.30. The number of anilines is 1. The second-order valence-electron chi connectivity index (χ2n) is 6.54. The van der Waals surface area contributed by atoms with Crippen molar-refractivity contribution in [2.24, 2.45) is 0 Å². The van der Waals surface area contributed by atoms with Gasteiger partial charge < -0.3 is 19.7 Å². The number of quaternary nitrogens is 1. The lowest BCUT2D eigenvalue weighted by atomic mass is 10.1. The maximum Gasteiger partial charge on any atom is 0.336 e. The number of likely N-dealkylation sites (N-methyl/N-ethyl adjacent to an activating group) is 1. The van der Waals surface area contributed by atoms with E-state index in [1.165, 1.54) is 30.3 Å². The molecule has 0 radical (unpaired) electrons. The number of aryl methyl sites for hydroxylation is 1. The number of hydrogen-bond acceptors (Lipinski definition) is 4. The van der Waals surface area contributed by atoms with Crippen LogP contribution in [0, 0.1) is 12.7 Å². The molecule has 0 saturated carbocycles. The Kier molecular flexibility index (Phi) is 5.23. The van der Waals surface area contributed by atoms with Crippen LogP contribution in [0.4, 0.5) is 10.1 Å². The van der Waals surface area contributed by atoms with E-state index < -0.39 is 5.63 Å². The molecule has 0 aliphatic rings. The highest BCUT2D eigenvalue weighted by Gasteiger charge is 2.16. The summed E-state index contributed by atoms with van der Waals surface area (Å²) < 4.78 is 18.2. The summed E-state index contributed by atoms with van der Waals surface area (Å²) in [5.41, 5.74) is 1.59. The average molecular weight is 371 g/mol. The summed E-state index contributed by atoms with van der Waals surface area (Å²) in [6.07, 6.45) is 0. The first-order valence-electron chi connectivity index (χ1n) is 8.45. The zero-order valence-corrected chi connectivity index (χ0v) is 15.0. The first-order valence-corrected chi connectivity index (χ1v) is 8.45. The molecule has 1 aromatic heterocycles. The molecular formula is C20H20FN2O4+. The van der Waals surface area contributed by atoms with Gasteiger partial charge in [0.25, 0.3) is 5.91 Å². The number of nitrogens with one attached hydrogen (secondary N) is 2. The molecule has 0 aliphatic carbocycles. The van der Waals surface area contributed by atoms with E-state index in [0.717, 1.165) is 15.8 Å². The first kappa shape index (κ1) is 18.6. The molecule has 3 rings (SSSR count). The van der Waals surface area contributed by atoms with Crippen LogP contribution in [0.2, 0.25) is 0 Å². The van der Waals surface area contributed by atoms with Gasteiger partial charge in [0.15, 0.2) is 6.54 Å². The van der Waals surface area contributed by atoms with Crippen LogP contribution < -0.4 is 15.8 Å². The van der Waals surface area contributed by atoms with Crippen molar-refractivity contribution in [2.75, 3.05) is 18.9 Å². The van der Waals surface area contributed by atoms with Crippen LogP contribution in [0.15, 0.2) is 51.7 Å². The first-order chi connectivity index (χ1) is 12.8. The lowest BCUT2D eigenvalue weighted by Gasteiger charge is -2.15. The highest BCUT2D eigenvalue weighted by Crippen LogP contribution is 2.26. The topological polar surface area (TPSA) is 84.0 Å². The predicted molar refractivity (Wildman–Crippen MR) is 99.4 cm³/mol. The van der Waals surface area contributed by atoms with Gasteiger partial charge in [0.2, 0.25) is 0 Å². The molecule has 3 N–H and O–H groups in total. The van der Waals surface area contributed by atoms with E-state index in [4.69, 9.17) is 4.42 Å². The molecule has 0 saturated heterocycles. The number of carbonyl (C=O) groups excluding carboxylic acids is 1. The number of hydrogen-bond donors (Lipinski definition) is 3. The number of rotatable bonds is 5. The van der Waals surface area contributed by atoms with Crippen LogP contribution in [-0.4, -0.2) is 24.6 Å². The van der Waals surface area contributed by atoms with Crippen molar-refractivity contribution >= 4 is 22.6 Å². The van der Waals surface area contributed by atoms with Gasteiger partial charge in [-0.15, -0.1) is 0 Å². The van der Waals surface area contributed by atoms with Gasteiger partial charge in [-0.05, 0) is 43.3 Å². The van der Waals surface area contributed by atoms with Crippen molar-refractivity contribution in [1.29, 1.82) is 0 Å². The smallest absolute Gasteiger partial charge is 0.336 e. The normalized spacial score (nSPS) is 12.1. The third-order valence-corrected chi connectivity index (χ3v) is 4.30. The van der Waals surface area contributed by atoms with E-state index in [-0.39, 0.29) is 24.0 Å². The SMILES string of the molecule is Cc1c(O)ccc2c(C[NH+](C)CC(=O)Nc3ccc(F)cc3)cc(=O)oc12. The van der Waals surface area contributed by atoms with E-state index >= 15 is 0 Å². The standard InChI is InChI=1S/C20H19FN2O4/c1-12-17(24)8-7-16-13(9-19(26)27-20(12)16)10-23(2)11-18(25)22-15-5-3-14(21)4-6-15/h3-9,24H,10-11H2,1-2H3,(H,22,25)/p+1. The minimum atomic E-state index is -0.505. The van der Waals surface area contributed by atoms with Crippen LogP contribution in [0.5, 0.6) is 5.75 Å². The Morgan fingerprint density at radius 1 is 1.22 bits per heavy atom. The predicted octanol–water partition coefficient (Wildman–Crippen LogP) is 1.60. The average Bonchev–Trinajstić information content (AvgIpc) is 2.60. The molecule has 27 heavy (non-hydrogen) atoms. The number of carbonyl (C=O) groups is 1. The third kappa shape index (κ3) is 4.32. The molecule has 140 valence electrons. The second-order valence-corrected chi connectivity index (χ2v) is 6.54. The number of fused-ring (bicyclic) bond motifs is 1. The summed E-state index contributed by atoms with van der Waals surface area (Å²) >= 11 is 0. The summed E-state index contributed by atoms with van der Waals surface area (Å²) in [7, 11) is 1.83. The number of aromatic hydroxyl groups is 1. The zero-order valence-electron chi connectivity index (χ0n) is 15.0. The van der Waals surface area contributed by atoms with E-state index in [2.05, 4.69) is 5.32 Å². The molecule has 0 bridgehead atoms. The Morgan fingerprint density at radius 2 is 1.93 bits per heavy atom. The highest BCUT2D eigenvalue weighted by molar-refractivity contribution is 5.91. The molecule has 1 unspecified atom stereocenters. The van der Waals surface area contributed by atoms with Crippen LogP contribution in [-0.2, 0) is 11.3 Å². The van der Waals surface area contributed by atoms with Crippen LogP contribution in [0.25, 0.3) is 11.0 Å². The summed E-state index contributed by atoms with van der Waals surface area (Å²) in [6, 6.07) is 10.2. The minimum Gasteiger partial charge on any atom is -0.508 e. The van der Waals surface area contributed by atoms with E-state index in [9.17, 15) is 19.1 Å². The minimum absolute atomic E-state index is 0.0576. The zero-order chi connectivity index (χ0) is 19.6. The number of benzene rings is 2. The Bertz CT molecular complexity index is 1040. The van der Waals surface area contributed by atoms with E-state index in [1.54, 1.807) is 19.1 Å². The Morgan fingerprint density at radius 3 is 2.63 bits per heavy atom. The van der Waals surface area contributed by atoms with Gasteiger partial charge in [-0.25, -0.2) is 9.18 Å². The summed E-state index contributed by atoms with van der Waals surface area (Å²) in [5, 5.41) is 13.2. The molecule has 0 spiro atoms. The van der Waals surface area contributed by atoms with Crippen molar-refractivity contribution < 1.29 is 23.6 Å². The van der Waals surface area contributed by atoms with Crippen LogP contribution in [0.1, 0.15) is 11.1 Å². The quantitative estimate of drug-likeness (QED) is 0.595. The fourth-order valence-corrected chi connectivity index (χ4v) is 2.96. The maximum atomic E-state index is 12.9. The van der Waals surface area contributed by atoms with E-state index in [1.807, 2.05) is 7.05 Å². The van der Waals surface area contributed by atoms with Crippen molar-refractivity contribution in [1.82, 2.24) is 0 Å². The number of halogens is 1. The second kappa shape index (κ2) is 7.59. The van der Waals surface area contributed by atoms with Gasteiger partial charge in [-0.2, -0.15) is 0 Å². The fraction of sp³-hybridized carbons (Fsp3) is 0.200. The largest absolute Gasteiger partial charge is 0.508 e. The molecule has 7 heteroatoms. The Balaban J connectivity index is 1.75. The van der Waals surface area contributed by atoms with Gasteiger partial charge in [-0.3, -0.25) is 4.79 Å². The monoisotopic (exact) mass is 371 g/mol. The van der Waals surface area contributed by atoms with E-state index in [0.29, 0.717) is 23.4 Å². The van der Waals surface area contributed by atoms with Crippen LogP contribution in [0.3, 0.4) is 0 Å². The van der Waals surface area contributed by atoms with Gasteiger partial charge in [0, 0.05) is 28.3 Å². The highest BCUT2D eigenvalue weighted by atomic mass is 19.1. The summed E-state index contributed by atoms with van der Waals surface area (Å²) in [4.78, 5) is 24.9. The lowest BCUT2D eigenvalue weighted by molar-refractivity contribution is -0.885. The van der Waals surface area contributed by atoms with Crippen LogP contribution >= 0.6 is 0 Å². The van der Waals surface area contributed by atoms with Crippen molar-refractivity contribution in [2.45, 2.75) is 13.5 Å². The molecule has 1 amide bonds. The van der Waals surface area contributed by atoms with Gasteiger partial charge in [0.1, 0.15) is 23.7 Å². The van der Waals surface area contributed by atoms with Gasteiger partial charge in [0.05, 0.1) is 7.05 Å². The number of phenols is 1. The molecule has 1 atom stereocenters. The molecule has 6 nitrogen and oxygen atoms in total. The van der Waals surface area contributed by atoms with Crippen molar-refractivity contribution in [3.63, 3.8) is 0 Å². The molecule has 1 heterocycles. The summed E-state index contributed by atoms with van der Waals surface area (Å²) in [5.74, 6) is -0.533. The fourth-order valence-electron chi connectivity index (χ4n) is 2.96. The van der Waals surface area contributed by atoms with Gasteiger partial charge in [-0.1, -0.05) is 0 Å². The lowest BCUT2D eigenvalue weighted by Crippen LogP contribution is -3.08. The molecule has 3 aromatic rings. The Hall–Kier alpha value is -3.19. The molecule has 2 aromatic carbocycles.